The molecule has 0 atom stereocenters. The number of halogens is 2. The van der Waals surface area contributed by atoms with Crippen molar-refractivity contribution in [3.05, 3.63) is 63.0 Å². The number of hydrogen-bond acceptors (Lipinski definition) is 2. The third-order valence-corrected chi connectivity index (χ3v) is 5.90. The van der Waals surface area contributed by atoms with Gasteiger partial charge in [-0.2, -0.15) is 0 Å². The maximum atomic E-state index is 5.97. The summed E-state index contributed by atoms with van der Waals surface area (Å²) >= 11 is 7.00. The normalized spacial score (nSPS) is 16.3. The summed E-state index contributed by atoms with van der Waals surface area (Å²) in [7, 11) is 0. The van der Waals surface area contributed by atoms with E-state index < -0.39 is 0 Å². The van der Waals surface area contributed by atoms with Gasteiger partial charge in [-0.15, -0.1) is 0 Å². The van der Waals surface area contributed by atoms with E-state index in [2.05, 4.69) is 61.9 Å². The van der Waals surface area contributed by atoms with E-state index in [1.807, 2.05) is 30.3 Å². The lowest BCUT2D eigenvalue weighted by molar-refractivity contribution is 0.316. The number of nitrogens with zero attached hydrogens (tertiary/aromatic N) is 1. The number of rotatable bonds is 5. The van der Waals surface area contributed by atoms with Crippen LogP contribution in [0.1, 0.15) is 38.2 Å². The molecular weight excluding hydrogens is 454 g/mol. The van der Waals surface area contributed by atoms with Crippen LogP contribution >= 0.6 is 31.9 Å². The second-order valence-corrected chi connectivity index (χ2v) is 8.57. The van der Waals surface area contributed by atoms with Crippen LogP contribution in [0.15, 0.2) is 57.5 Å². The summed E-state index contributed by atoms with van der Waals surface area (Å²) in [5.74, 6) is 1.66. The predicted octanol–water partition coefficient (Wildman–Crippen LogP) is 7.28. The minimum absolute atomic E-state index is 0.814. The molecule has 0 N–H and O–H groups in total. The highest BCUT2D eigenvalue weighted by atomic mass is 79.9. The van der Waals surface area contributed by atoms with Crippen LogP contribution in [0.4, 0.5) is 0 Å². The van der Waals surface area contributed by atoms with Gasteiger partial charge >= 0.3 is 0 Å². The lowest BCUT2D eigenvalue weighted by Crippen LogP contribution is -2.24. The zero-order valence-electron chi connectivity index (χ0n) is 15.2. The van der Waals surface area contributed by atoms with Gasteiger partial charge in [-0.3, -0.25) is 4.90 Å². The maximum Gasteiger partial charge on any atom is 0.141 e. The Hall–Kier alpha value is -1.10. The van der Waals surface area contributed by atoms with Gasteiger partial charge in [-0.1, -0.05) is 47.0 Å². The number of hydrogen-bond donors (Lipinski definition) is 0. The minimum Gasteiger partial charge on any atom is -0.456 e. The topological polar surface area (TPSA) is 12.5 Å². The first kappa shape index (κ1) is 19.7. The molecule has 0 spiro atoms. The fourth-order valence-electron chi connectivity index (χ4n) is 3.17. The summed E-state index contributed by atoms with van der Waals surface area (Å²) in [6, 6.07) is 14.3. The molecule has 2 nitrogen and oxygen atoms in total. The number of benzene rings is 2. The van der Waals surface area contributed by atoms with Crippen LogP contribution in [0.2, 0.25) is 0 Å². The molecule has 0 aromatic heterocycles. The summed E-state index contributed by atoms with van der Waals surface area (Å²) in [5, 5.41) is 0. The third-order valence-electron chi connectivity index (χ3n) is 4.79. The van der Waals surface area contributed by atoms with Crippen LogP contribution in [0.25, 0.3) is 5.57 Å². The molecule has 1 aliphatic heterocycles. The first-order chi connectivity index (χ1) is 12.6. The van der Waals surface area contributed by atoms with Gasteiger partial charge in [-0.25, -0.2) is 0 Å². The average Bonchev–Trinajstić information content (AvgIpc) is 2.91. The van der Waals surface area contributed by atoms with Crippen molar-refractivity contribution in [2.75, 3.05) is 19.6 Å². The molecule has 0 aliphatic carbocycles. The molecule has 0 radical (unpaired) electrons. The van der Waals surface area contributed by atoms with Crippen LogP contribution in [0, 0.1) is 0 Å². The Bertz CT molecular complexity index is 747. The van der Waals surface area contributed by atoms with Crippen LogP contribution in [0.5, 0.6) is 11.5 Å². The highest BCUT2D eigenvalue weighted by molar-refractivity contribution is 9.11. The Morgan fingerprint density at radius 2 is 1.69 bits per heavy atom. The molecule has 26 heavy (non-hydrogen) atoms. The van der Waals surface area contributed by atoms with Crippen LogP contribution in [-0.2, 0) is 0 Å². The highest BCUT2D eigenvalue weighted by Gasteiger charge is 2.08. The Morgan fingerprint density at radius 1 is 1.00 bits per heavy atom. The molecule has 1 aliphatic rings. The summed E-state index contributed by atoms with van der Waals surface area (Å²) in [6.45, 7) is 5.71. The van der Waals surface area contributed by atoms with E-state index in [1.165, 1.54) is 49.9 Å². The van der Waals surface area contributed by atoms with Crippen LogP contribution < -0.4 is 4.74 Å². The number of likely N-dealkylation sites (tertiary alicyclic amines) is 1. The maximum absolute atomic E-state index is 5.97. The summed E-state index contributed by atoms with van der Waals surface area (Å²) < 4.78 is 7.93. The molecular formula is C22H25Br2NO. The Morgan fingerprint density at radius 3 is 2.35 bits per heavy atom. The Kier molecular flexibility index (Phi) is 7.35. The third kappa shape index (κ3) is 5.70. The predicted molar refractivity (Wildman–Crippen MR) is 117 cm³/mol. The first-order valence-corrected chi connectivity index (χ1v) is 10.8. The van der Waals surface area contributed by atoms with Crippen molar-refractivity contribution in [3.63, 3.8) is 0 Å². The van der Waals surface area contributed by atoms with Crippen molar-refractivity contribution in [2.45, 2.75) is 32.6 Å². The van der Waals surface area contributed by atoms with Gasteiger partial charge in [0.25, 0.3) is 0 Å². The van der Waals surface area contributed by atoms with Crippen molar-refractivity contribution in [3.8, 4) is 11.5 Å². The van der Waals surface area contributed by atoms with Crippen LogP contribution in [0.3, 0.4) is 0 Å². The van der Waals surface area contributed by atoms with E-state index in [1.54, 1.807) is 0 Å². The van der Waals surface area contributed by atoms with Crippen molar-refractivity contribution in [1.82, 2.24) is 4.90 Å². The standard InChI is InChI=1S/C22H25Br2NO/c1-17(12-15-25-13-4-2-3-5-14-25)18-6-9-20(10-7-18)26-22-11-8-19(23)16-21(22)24/h6-12,16H,2-5,13-15H2,1H3. The molecule has 3 rings (SSSR count). The molecule has 0 unspecified atom stereocenters. The second-order valence-electron chi connectivity index (χ2n) is 6.80. The first-order valence-electron chi connectivity index (χ1n) is 9.24. The monoisotopic (exact) mass is 477 g/mol. The molecule has 2 aromatic carbocycles. The van der Waals surface area contributed by atoms with Crippen LogP contribution in [-0.4, -0.2) is 24.5 Å². The van der Waals surface area contributed by atoms with E-state index in [9.17, 15) is 0 Å². The van der Waals surface area contributed by atoms with E-state index in [4.69, 9.17) is 4.74 Å². The van der Waals surface area contributed by atoms with Gasteiger partial charge in [0.15, 0.2) is 0 Å². The number of ether oxygens (including phenoxy) is 1. The summed E-state index contributed by atoms with van der Waals surface area (Å²) in [5.41, 5.74) is 2.58. The molecule has 1 fully saturated rings. The smallest absolute Gasteiger partial charge is 0.141 e. The summed E-state index contributed by atoms with van der Waals surface area (Å²) in [6.07, 6.45) is 7.80. The van der Waals surface area contributed by atoms with Gasteiger partial charge in [0.1, 0.15) is 11.5 Å². The second kappa shape index (κ2) is 9.72. The lowest BCUT2D eigenvalue weighted by atomic mass is 10.1. The Balaban J connectivity index is 1.61. The molecule has 4 heteroatoms. The number of allylic oxidation sites excluding steroid dienone is 1. The van der Waals surface area contributed by atoms with Crippen molar-refractivity contribution < 1.29 is 4.74 Å². The van der Waals surface area contributed by atoms with Gasteiger partial charge in [0.05, 0.1) is 4.47 Å². The lowest BCUT2D eigenvalue weighted by Gasteiger charge is -2.18. The van der Waals surface area contributed by atoms with Gasteiger partial charge in [0, 0.05) is 11.0 Å². The van der Waals surface area contributed by atoms with E-state index in [0.717, 1.165) is 27.0 Å². The highest BCUT2D eigenvalue weighted by Crippen LogP contribution is 2.32. The van der Waals surface area contributed by atoms with E-state index in [0.29, 0.717) is 0 Å². The molecule has 0 bridgehead atoms. The quantitative estimate of drug-likeness (QED) is 0.447. The zero-order chi connectivity index (χ0) is 18.4. The van der Waals surface area contributed by atoms with E-state index >= 15 is 0 Å². The SMILES string of the molecule is CC(=CCN1CCCCCC1)c1ccc(Oc2ccc(Br)cc2Br)cc1. The molecule has 0 saturated carbocycles. The van der Waals surface area contributed by atoms with E-state index in [-0.39, 0.29) is 0 Å². The molecule has 138 valence electrons. The zero-order valence-corrected chi connectivity index (χ0v) is 18.4. The largest absolute Gasteiger partial charge is 0.456 e. The molecule has 1 saturated heterocycles. The average molecular weight is 479 g/mol. The van der Waals surface area contributed by atoms with Crippen molar-refractivity contribution in [1.29, 1.82) is 0 Å². The van der Waals surface area contributed by atoms with Gasteiger partial charge in [-0.05, 0) is 90.3 Å². The van der Waals surface area contributed by atoms with Crippen molar-refractivity contribution >= 4 is 37.4 Å². The molecule has 1 heterocycles. The van der Waals surface area contributed by atoms with Gasteiger partial charge < -0.3 is 4.74 Å². The fourth-order valence-corrected chi connectivity index (χ4v) is 4.30. The van der Waals surface area contributed by atoms with Crippen molar-refractivity contribution in [2.24, 2.45) is 0 Å². The summed E-state index contributed by atoms with van der Waals surface area (Å²) in [4.78, 5) is 2.57. The Labute approximate surface area is 173 Å². The minimum atomic E-state index is 0.814. The molecule has 2 aromatic rings. The fraction of sp³-hybridized carbons (Fsp3) is 0.364. The molecule has 0 amide bonds. The van der Waals surface area contributed by atoms with Gasteiger partial charge in [0.2, 0.25) is 0 Å².